The average Bonchev–Trinajstić information content (AvgIpc) is 2.61. The molecule has 0 aliphatic heterocycles. The van der Waals surface area contributed by atoms with Gasteiger partial charge in [0, 0.05) is 0 Å². The zero-order valence-corrected chi connectivity index (χ0v) is 15.3. The van der Waals surface area contributed by atoms with Crippen molar-refractivity contribution in [3.05, 3.63) is 41.5 Å². The molecule has 0 heterocycles. The van der Waals surface area contributed by atoms with Gasteiger partial charge in [0.15, 0.2) is 17.4 Å². The van der Waals surface area contributed by atoms with Gasteiger partial charge < -0.3 is 4.74 Å². The molecule has 0 radical (unpaired) electrons. The molecule has 1 aliphatic carbocycles. The third kappa shape index (κ3) is 6.65. The Morgan fingerprint density at radius 3 is 2.23 bits per heavy atom. The van der Waals surface area contributed by atoms with Crippen molar-refractivity contribution in [3.8, 4) is 5.75 Å². The van der Waals surface area contributed by atoms with Gasteiger partial charge in [0.1, 0.15) is 0 Å². The van der Waals surface area contributed by atoms with Crippen LogP contribution in [0, 0.1) is 23.5 Å². The molecule has 0 aromatic heterocycles. The van der Waals surface area contributed by atoms with Gasteiger partial charge in [-0.15, -0.1) is 0 Å². The Balaban J connectivity index is 1.78. The second kappa shape index (κ2) is 10.6. The van der Waals surface area contributed by atoms with Crippen molar-refractivity contribution in [2.45, 2.75) is 71.3 Å². The molecule has 1 saturated carbocycles. The molecule has 1 aromatic carbocycles. The van der Waals surface area contributed by atoms with Crippen LogP contribution in [0.3, 0.4) is 0 Å². The largest absolute Gasteiger partial charge is 0.429 e. The molecule has 1 fully saturated rings. The van der Waals surface area contributed by atoms with Gasteiger partial charge in [0.25, 0.3) is 0 Å². The molecule has 0 atom stereocenters. The van der Waals surface area contributed by atoms with Crippen molar-refractivity contribution >= 4 is 0 Å². The second-order valence-electron chi connectivity index (χ2n) is 7.19. The minimum absolute atomic E-state index is 0.492. The van der Waals surface area contributed by atoms with E-state index >= 15 is 0 Å². The first-order chi connectivity index (χ1) is 12.5. The van der Waals surface area contributed by atoms with E-state index in [-0.39, 0.29) is 0 Å². The van der Waals surface area contributed by atoms with Crippen LogP contribution in [0.2, 0.25) is 0 Å². The Bertz CT molecular complexity index is 554. The monoisotopic (exact) mass is 372 g/mol. The van der Waals surface area contributed by atoms with Crippen LogP contribution in [0.15, 0.2) is 24.3 Å². The van der Waals surface area contributed by atoms with E-state index in [4.69, 9.17) is 0 Å². The molecule has 1 aliphatic rings. The molecule has 5 heteroatoms. The van der Waals surface area contributed by atoms with Crippen molar-refractivity contribution in [2.24, 2.45) is 11.8 Å². The number of benzene rings is 1. The van der Waals surface area contributed by atoms with Crippen LogP contribution in [-0.2, 0) is 6.42 Å². The summed E-state index contributed by atoms with van der Waals surface area (Å²) in [5.41, 5.74) is 0.492. The maximum atomic E-state index is 13.8. The van der Waals surface area contributed by atoms with Crippen LogP contribution < -0.4 is 4.74 Å². The zero-order valence-electron chi connectivity index (χ0n) is 15.3. The summed E-state index contributed by atoms with van der Waals surface area (Å²) in [4.78, 5) is 0. The van der Waals surface area contributed by atoms with Gasteiger partial charge in [0.2, 0.25) is 0 Å². The number of halogens is 4. The molecule has 146 valence electrons. The number of ether oxygens (including phenoxy) is 1. The topological polar surface area (TPSA) is 9.23 Å². The molecule has 0 spiro atoms. The number of aryl methyl sites for hydroxylation is 1. The highest BCUT2D eigenvalue weighted by Crippen LogP contribution is 2.34. The van der Waals surface area contributed by atoms with Gasteiger partial charge in [-0.3, -0.25) is 0 Å². The van der Waals surface area contributed by atoms with Gasteiger partial charge in [-0.25, -0.2) is 8.78 Å². The minimum Gasteiger partial charge on any atom is -0.429 e. The van der Waals surface area contributed by atoms with Crippen molar-refractivity contribution < 1.29 is 22.3 Å². The fraction of sp³-hybridized carbons (Fsp3) is 0.619. The lowest BCUT2D eigenvalue weighted by atomic mass is 9.78. The standard InChI is InChI=1S/C21H28F4O/c1-2-3-4-5-6-15-7-9-16(10-8-15)11-12-17-13-18(22)20(19(23)14-17)26-21(24)25/h4-5,13-16,21H,2-3,6-12H2,1H3/b5-4+/t15-,16-. The molecule has 1 nitrogen and oxygen atoms in total. The number of rotatable bonds is 9. The minimum atomic E-state index is -3.24. The molecule has 2 rings (SSSR count). The lowest BCUT2D eigenvalue weighted by Gasteiger charge is -2.28. The van der Waals surface area contributed by atoms with Crippen LogP contribution in [0.4, 0.5) is 17.6 Å². The second-order valence-corrected chi connectivity index (χ2v) is 7.19. The van der Waals surface area contributed by atoms with Crippen LogP contribution in [0.1, 0.15) is 63.9 Å². The van der Waals surface area contributed by atoms with Gasteiger partial charge >= 0.3 is 6.61 Å². The Morgan fingerprint density at radius 1 is 1.04 bits per heavy atom. The van der Waals surface area contributed by atoms with E-state index < -0.39 is 24.0 Å². The molecular weight excluding hydrogens is 344 g/mol. The SMILES string of the molecule is CCC/C=C/C[C@H]1CC[C@H](CCc2cc(F)c(OC(F)F)c(F)c2)CC1. The van der Waals surface area contributed by atoms with E-state index in [0.29, 0.717) is 17.9 Å². The van der Waals surface area contributed by atoms with Crippen LogP contribution >= 0.6 is 0 Å². The molecule has 0 bridgehead atoms. The van der Waals surface area contributed by atoms with E-state index in [9.17, 15) is 17.6 Å². The lowest BCUT2D eigenvalue weighted by Crippen LogP contribution is -2.15. The molecule has 26 heavy (non-hydrogen) atoms. The van der Waals surface area contributed by atoms with E-state index in [1.54, 1.807) is 0 Å². The fourth-order valence-corrected chi connectivity index (χ4v) is 3.66. The Labute approximate surface area is 153 Å². The maximum absolute atomic E-state index is 13.8. The number of allylic oxidation sites excluding steroid dienone is 2. The van der Waals surface area contributed by atoms with E-state index in [1.165, 1.54) is 19.3 Å². The quantitative estimate of drug-likeness (QED) is 0.333. The molecule has 0 N–H and O–H groups in total. The van der Waals surface area contributed by atoms with Gasteiger partial charge in [-0.1, -0.05) is 38.3 Å². The Hall–Kier alpha value is -1.52. The summed E-state index contributed by atoms with van der Waals surface area (Å²) in [5, 5.41) is 0. The van der Waals surface area contributed by atoms with Crippen LogP contribution in [0.25, 0.3) is 0 Å². The summed E-state index contributed by atoms with van der Waals surface area (Å²) in [7, 11) is 0. The first-order valence-electron chi connectivity index (χ1n) is 9.57. The first-order valence-corrected chi connectivity index (χ1v) is 9.57. The summed E-state index contributed by atoms with van der Waals surface area (Å²) >= 11 is 0. The van der Waals surface area contributed by atoms with Crippen LogP contribution in [-0.4, -0.2) is 6.61 Å². The van der Waals surface area contributed by atoms with Crippen molar-refractivity contribution in [1.82, 2.24) is 0 Å². The van der Waals surface area contributed by atoms with Crippen LogP contribution in [0.5, 0.6) is 5.75 Å². The maximum Gasteiger partial charge on any atom is 0.387 e. The Morgan fingerprint density at radius 2 is 1.65 bits per heavy atom. The highest BCUT2D eigenvalue weighted by atomic mass is 19.3. The summed E-state index contributed by atoms with van der Waals surface area (Å²) in [6.45, 7) is -1.07. The van der Waals surface area contributed by atoms with Gasteiger partial charge in [0.05, 0.1) is 0 Å². The smallest absolute Gasteiger partial charge is 0.387 e. The molecule has 0 saturated heterocycles. The summed E-state index contributed by atoms with van der Waals surface area (Å²) in [6.07, 6.45) is 14.1. The third-order valence-electron chi connectivity index (χ3n) is 5.16. The predicted octanol–water partition coefficient (Wildman–Crippen LogP) is 7.05. The first kappa shape index (κ1) is 20.8. The predicted molar refractivity (Wildman–Crippen MR) is 95.4 cm³/mol. The number of hydrogen-bond donors (Lipinski definition) is 0. The van der Waals surface area contributed by atoms with Crippen molar-refractivity contribution in [3.63, 3.8) is 0 Å². The highest BCUT2D eigenvalue weighted by Gasteiger charge is 2.21. The Kier molecular flexibility index (Phi) is 8.46. The number of hydrogen-bond acceptors (Lipinski definition) is 1. The van der Waals surface area contributed by atoms with E-state index in [1.807, 2.05) is 0 Å². The molecule has 1 aromatic rings. The summed E-state index contributed by atoms with van der Waals surface area (Å²) < 4.78 is 55.7. The fourth-order valence-electron chi connectivity index (χ4n) is 3.66. The lowest BCUT2D eigenvalue weighted by molar-refractivity contribution is -0.0546. The van der Waals surface area contributed by atoms with E-state index in [2.05, 4.69) is 23.8 Å². The van der Waals surface area contributed by atoms with Crippen molar-refractivity contribution in [2.75, 3.05) is 0 Å². The zero-order chi connectivity index (χ0) is 18.9. The molecule has 0 amide bonds. The van der Waals surface area contributed by atoms with Gasteiger partial charge in [-0.2, -0.15) is 8.78 Å². The number of alkyl halides is 2. The summed E-state index contributed by atoms with van der Waals surface area (Å²) in [5.74, 6) is -1.82. The van der Waals surface area contributed by atoms with E-state index in [0.717, 1.165) is 50.2 Å². The normalized spacial score (nSPS) is 20.8. The average molecular weight is 372 g/mol. The summed E-state index contributed by atoms with van der Waals surface area (Å²) in [6, 6.07) is 2.20. The number of unbranched alkanes of at least 4 members (excludes halogenated alkanes) is 1. The highest BCUT2D eigenvalue weighted by molar-refractivity contribution is 5.31. The molecular formula is C21H28F4O. The third-order valence-corrected chi connectivity index (χ3v) is 5.16. The van der Waals surface area contributed by atoms with Gasteiger partial charge in [-0.05, 0) is 68.1 Å². The van der Waals surface area contributed by atoms with Crippen molar-refractivity contribution in [1.29, 1.82) is 0 Å². The molecule has 0 unspecified atom stereocenters.